The zero-order valence-electron chi connectivity index (χ0n) is 12.3. The third-order valence-corrected chi connectivity index (χ3v) is 3.59. The zero-order chi connectivity index (χ0) is 15.2. The third kappa shape index (κ3) is 3.59. The SMILES string of the molecule is O=C(NCc1ccccc1)c1cncc(N2CCNCC2)n1. The van der Waals surface area contributed by atoms with E-state index in [0.29, 0.717) is 12.2 Å². The number of carbonyl (C=O) groups excluding carboxylic acids is 1. The summed E-state index contributed by atoms with van der Waals surface area (Å²) in [6, 6.07) is 9.80. The minimum Gasteiger partial charge on any atom is -0.353 e. The van der Waals surface area contributed by atoms with Crippen LogP contribution in [-0.4, -0.2) is 42.1 Å². The molecule has 2 N–H and O–H groups in total. The van der Waals surface area contributed by atoms with Crippen LogP contribution in [0.3, 0.4) is 0 Å². The second-order valence-corrected chi connectivity index (χ2v) is 5.17. The van der Waals surface area contributed by atoms with Gasteiger partial charge in [-0.05, 0) is 5.56 Å². The molecule has 0 bridgehead atoms. The first-order valence-electron chi connectivity index (χ1n) is 7.43. The van der Waals surface area contributed by atoms with Crippen molar-refractivity contribution < 1.29 is 4.79 Å². The average molecular weight is 297 g/mol. The molecule has 1 fully saturated rings. The minimum absolute atomic E-state index is 0.201. The van der Waals surface area contributed by atoms with E-state index < -0.39 is 0 Å². The molecule has 0 atom stereocenters. The summed E-state index contributed by atoms with van der Waals surface area (Å²) in [6.45, 7) is 4.09. The number of rotatable bonds is 4. The molecule has 0 spiro atoms. The number of nitrogens with zero attached hydrogens (tertiary/aromatic N) is 3. The maximum Gasteiger partial charge on any atom is 0.271 e. The summed E-state index contributed by atoms with van der Waals surface area (Å²) in [5.74, 6) is 0.558. The molecule has 1 aliphatic rings. The monoisotopic (exact) mass is 297 g/mol. The Balaban J connectivity index is 1.64. The molecule has 6 nitrogen and oxygen atoms in total. The number of nitrogens with one attached hydrogen (secondary N) is 2. The van der Waals surface area contributed by atoms with Crippen LogP contribution < -0.4 is 15.5 Å². The molecule has 1 amide bonds. The fourth-order valence-electron chi connectivity index (χ4n) is 2.38. The van der Waals surface area contributed by atoms with E-state index >= 15 is 0 Å². The fraction of sp³-hybridized carbons (Fsp3) is 0.312. The average Bonchev–Trinajstić information content (AvgIpc) is 2.61. The summed E-state index contributed by atoms with van der Waals surface area (Å²) in [5.41, 5.74) is 1.41. The van der Waals surface area contributed by atoms with Crippen LogP contribution in [-0.2, 0) is 6.54 Å². The van der Waals surface area contributed by atoms with Crippen LogP contribution in [0.15, 0.2) is 42.7 Å². The third-order valence-electron chi connectivity index (χ3n) is 3.59. The molecule has 22 heavy (non-hydrogen) atoms. The molecule has 1 aromatic carbocycles. The van der Waals surface area contributed by atoms with Crippen LogP contribution in [0.5, 0.6) is 0 Å². The Morgan fingerprint density at radius 1 is 1.18 bits per heavy atom. The van der Waals surface area contributed by atoms with Crippen molar-refractivity contribution in [3.63, 3.8) is 0 Å². The predicted molar refractivity (Wildman–Crippen MR) is 84.7 cm³/mol. The summed E-state index contributed by atoms with van der Waals surface area (Å²) < 4.78 is 0. The van der Waals surface area contributed by atoms with Crippen LogP contribution in [0.4, 0.5) is 5.82 Å². The van der Waals surface area contributed by atoms with Gasteiger partial charge in [-0.2, -0.15) is 0 Å². The first-order valence-corrected chi connectivity index (χ1v) is 7.43. The standard InChI is InChI=1S/C16H19N5O/c22-16(19-10-13-4-2-1-3-5-13)14-11-18-12-15(20-14)21-8-6-17-7-9-21/h1-5,11-12,17H,6-10H2,(H,19,22). The van der Waals surface area contributed by atoms with Crippen molar-refractivity contribution in [3.8, 4) is 0 Å². The molecule has 0 radical (unpaired) electrons. The highest BCUT2D eigenvalue weighted by Gasteiger charge is 2.14. The van der Waals surface area contributed by atoms with Crippen LogP contribution in [0, 0.1) is 0 Å². The predicted octanol–water partition coefficient (Wildman–Crippen LogP) is 0.816. The fourth-order valence-corrected chi connectivity index (χ4v) is 2.38. The lowest BCUT2D eigenvalue weighted by Gasteiger charge is -2.28. The highest BCUT2D eigenvalue weighted by molar-refractivity contribution is 5.92. The molecule has 1 aromatic heterocycles. The lowest BCUT2D eigenvalue weighted by molar-refractivity contribution is 0.0945. The lowest BCUT2D eigenvalue weighted by Crippen LogP contribution is -2.44. The van der Waals surface area contributed by atoms with Crippen molar-refractivity contribution in [1.29, 1.82) is 0 Å². The molecule has 0 saturated carbocycles. The van der Waals surface area contributed by atoms with Crippen molar-refractivity contribution in [2.75, 3.05) is 31.1 Å². The number of piperazine rings is 1. The Bertz CT molecular complexity index is 625. The van der Waals surface area contributed by atoms with Crippen LogP contribution in [0.1, 0.15) is 16.1 Å². The van der Waals surface area contributed by atoms with E-state index in [9.17, 15) is 4.79 Å². The zero-order valence-corrected chi connectivity index (χ0v) is 12.3. The van der Waals surface area contributed by atoms with E-state index in [1.54, 1.807) is 6.20 Å². The molecule has 3 rings (SSSR count). The molecule has 6 heteroatoms. The smallest absolute Gasteiger partial charge is 0.271 e. The van der Waals surface area contributed by atoms with Gasteiger partial charge in [-0.15, -0.1) is 0 Å². The molecule has 0 aliphatic carbocycles. The maximum atomic E-state index is 12.2. The van der Waals surface area contributed by atoms with Gasteiger partial charge in [0.1, 0.15) is 11.5 Å². The van der Waals surface area contributed by atoms with E-state index in [2.05, 4.69) is 25.5 Å². The maximum absolute atomic E-state index is 12.2. The van der Waals surface area contributed by atoms with E-state index in [4.69, 9.17) is 0 Å². The number of anilines is 1. The van der Waals surface area contributed by atoms with E-state index in [0.717, 1.165) is 37.6 Å². The van der Waals surface area contributed by atoms with E-state index in [1.807, 2.05) is 30.3 Å². The number of aromatic nitrogens is 2. The Morgan fingerprint density at radius 2 is 1.95 bits per heavy atom. The van der Waals surface area contributed by atoms with E-state index in [1.165, 1.54) is 6.20 Å². The van der Waals surface area contributed by atoms with E-state index in [-0.39, 0.29) is 5.91 Å². The summed E-state index contributed by atoms with van der Waals surface area (Å²) in [5, 5.41) is 6.16. The lowest BCUT2D eigenvalue weighted by atomic mass is 10.2. The molecule has 114 valence electrons. The topological polar surface area (TPSA) is 70.2 Å². The highest BCUT2D eigenvalue weighted by atomic mass is 16.1. The molecule has 1 aliphatic heterocycles. The number of hydrogen-bond donors (Lipinski definition) is 2. The van der Waals surface area contributed by atoms with Crippen molar-refractivity contribution in [1.82, 2.24) is 20.6 Å². The molecule has 1 saturated heterocycles. The second-order valence-electron chi connectivity index (χ2n) is 5.17. The summed E-state index contributed by atoms with van der Waals surface area (Å²) >= 11 is 0. The Labute approximate surface area is 129 Å². The first kappa shape index (κ1) is 14.5. The molecular weight excluding hydrogens is 278 g/mol. The van der Waals surface area contributed by atoms with Gasteiger partial charge in [-0.25, -0.2) is 4.98 Å². The van der Waals surface area contributed by atoms with Gasteiger partial charge in [0.25, 0.3) is 5.91 Å². The molecule has 0 unspecified atom stereocenters. The number of benzene rings is 1. The number of amides is 1. The van der Waals surface area contributed by atoms with Gasteiger partial charge in [-0.3, -0.25) is 9.78 Å². The van der Waals surface area contributed by atoms with Crippen molar-refractivity contribution in [2.45, 2.75) is 6.54 Å². The van der Waals surface area contributed by atoms with Gasteiger partial charge in [0.15, 0.2) is 0 Å². The summed E-state index contributed by atoms with van der Waals surface area (Å²) in [7, 11) is 0. The number of carbonyl (C=O) groups is 1. The molecular formula is C16H19N5O. The Kier molecular flexibility index (Phi) is 4.60. The van der Waals surface area contributed by atoms with Crippen molar-refractivity contribution >= 4 is 11.7 Å². The normalized spacial score (nSPS) is 14.6. The minimum atomic E-state index is -0.201. The van der Waals surface area contributed by atoms with Crippen molar-refractivity contribution in [3.05, 3.63) is 54.0 Å². The molecule has 2 aromatic rings. The molecule has 2 heterocycles. The van der Waals surface area contributed by atoms with Crippen LogP contribution in [0.25, 0.3) is 0 Å². The van der Waals surface area contributed by atoms with Gasteiger partial charge in [0, 0.05) is 32.7 Å². The summed E-state index contributed by atoms with van der Waals surface area (Å²) in [4.78, 5) is 22.9. The van der Waals surface area contributed by atoms with Crippen LogP contribution >= 0.6 is 0 Å². The van der Waals surface area contributed by atoms with Crippen LogP contribution in [0.2, 0.25) is 0 Å². The Morgan fingerprint density at radius 3 is 2.73 bits per heavy atom. The van der Waals surface area contributed by atoms with Gasteiger partial charge in [0.2, 0.25) is 0 Å². The Hall–Kier alpha value is -2.47. The van der Waals surface area contributed by atoms with Gasteiger partial charge in [0.05, 0.1) is 12.4 Å². The van der Waals surface area contributed by atoms with Gasteiger partial charge in [-0.1, -0.05) is 30.3 Å². The highest BCUT2D eigenvalue weighted by Crippen LogP contribution is 2.10. The summed E-state index contributed by atoms with van der Waals surface area (Å²) in [6.07, 6.45) is 3.21. The van der Waals surface area contributed by atoms with Gasteiger partial charge < -0.3 is 15.5 Å². The largest absolute Gasteiger partial charge is 0.353 e. The quantitative estimate of drug-likeness (QED) is 0.874. The van der Waals surface area contributed by atoms with Crippen molar-refractivity contribution in [2.24, 2.45) is 0 Å². The van der Waals surface area contributed by atoms with Gasteiger partial charge >= 0.3 is 0 Å². The first-order chi connectivity index (χ1) is 10.8. The second kappa shape index (κ2) is 7.00. The number of hydrogen-bond acceptors (Lipinski definition) is 5.